The van der Waals surface area contributed by atoms with Crippen LogP contribution in [-0.2, 0) is 32.6 Å². The van der Waals surface area contributed by atoms with Gasteiger partial charge in [-0.2, -0.15) is 4.31 Å². The molecule has 160 valence electrons. The fraction of sp³-hybridized carbons (Fsp3) is 0.333. The molecule has 2 N–H and O–H groups in total. The number of nitrogens with one attached hydrogen (secondary N) is 2. The topological polar surface area (TPSA) is 98.8 Å². The predicted molar refractivity (Wildman–Crippen MR) is 116 cm³/mol. The van der Waals surface area contributed by atoms with E-state index in [1.807, 2.05) is 43.3 Å². The van der Waals surface area contributed by atoms with Crippen molar-refractivity contribution in [2.45, 2.75) is 24.3 Å². The zero-order valence-corrected chi connectivity index (χ0v) is 18.1. The Morgan fingerprint density at radius 1 is 1.07 bits per heavy atom. The summed E-state index contributed by atoms with van der Waals surface area (Å²) in [5.41, 5.74) is 3.39. The second-order valence-electron chi connectivity index (χ2n) is 7.47. The van der Waals surface area contributed by atoms with Crippen molar-refractivity contribution in [3.05, 3.63) is 53.6 Å². The van der Waals surface area contributed by atoms with Gasteiger partial charge in [0.2, 0.25) is 21.8 Å². The maximum Gasteiger partial charge on any atom is 0.243 e. The summed E-state index contributed by atoms with van der Waals surface area (Å²) in [7, 11) is 1.45. The number of hydrogen-bond donors (Lipinski definition) is 2. The van der Waals surface area contributed by atoms with Crippen molar-refractivity contribution in [1.29, 1.82) is 0 Å². The summed E-state index contributed by atoms with van der Waals surface area (Å²) in [6.07, 6.45) is 0.811. The van der Waals surface area contributed by atoms with Gasteiger partial charge < -0.3 is 15.5 Å². The average Bonchev–Trinajstić information content (AvgIpc) is 2.72. The number of carbonyl (C=O) groups is 2. The van der Waals surface area contributed by atoms with Crippen molar-refractivity contribution in [3.8, 4) is 0 Å². The molecule has 0 bridgehead atoms. The molecule has 0 radical (unpaired) electrons. The first-order valence-electron chi connectivity index (χ1n) is 9.59. The van der Waals surface area contributed by atoms with Crippen LogP contribution < -0.4 is 15.5 Å². The Morgan fingerprint density at radius 2 is 1.77 bits per heavy atom. The molecule has 3 rings (SSSR count). The minimum Gasteiger partial charge on any atom is -0.378 e. The van der Waals surface area contributed by atoms with Crippen LogP contribution in [0.4, 0.5) is 11.4 Å². The van der Waals surface area contributed by atoms with E-state index in [2.05, 4.69) is 10.6 Å². The van der Waals surface area contributed by atoms with E-state index in [4.69, 9.17) is 0 Å². The number of aryl methyl sites for hydroxylation is 1. The number of hydrogen-bond acceptors (Lipinski definition) is 5. The summed E-state index contributed by atoms with van der Waals surface area (Å²) in [5.74, 6) is -0.466. The van der Waals surface area contributed by atoms with Crippen LogP contribution in [0.1, 0.15) is 17.5 Å². The van der Waals surface area contributed by atoms with Gasteiger partial charge in [0.05, 0.1) is 11.4 Å². The molecule has 2 amide bonds. The van der Waals surface area contributed by atoms with Gasteiger partial charge in [0.15, 0.2) is 0 Å². The van der Waals surface area contributed by atoms with Crippen LogP contribution in [0.3, 0.4) is 0 Å². The number of carbonyl (C=O) groups excluding carboxylic acids is 2. The Kier molecular flexibility index (Phi) is 6.42. The van der Waals surface area contributed by atoms with E-state index in [0.717, 1.165) is 21.1 Å². The van der Waals surface area contributed by atoms with Gasteiger partial charge in [0.25, 0.3) is 0 Å². The van der Waals surface area contributed by atoms with Gasteiger partial charge in [0, 0.05) is 45.5 Å². The van der Waals surface area contributed by atoms with E-state index in [1.165, 1.54) is 13.1 Å². The number of rotatable bonds is 7. The van der Waals surface area contributed by atoms with Crippen molar-refractivity contribution < 1.29 is 18.0 Å². The van der Waals surface area contributed by atoms with E-state index in [0.29, 0.717) is 25.1 Å². The fourth-order valence-corrected chi connectivity index (χ4v) is 4.33. The van der Waals surface area contributed by atoms with Gasteiger partial charge in [-0.1, -0.05) is 12.1 Å². The molecule has 9 heteroatoms. The molecular formula is C21H26N4O4S. The zero-order chi connectivity index (χ0) is 21.9. The second-order valence-corrected chi connectivity index (χ2v) is 9.51. The summed E-state index contributed by atoms with van der Waals surface area (Å²) in [4.78, 5) is 25.8. The SMILES string of the molecule is CN(C)c1ccc(CNC(=O)CN(C)S(=O)(=O)c2ccc3c(c2)CCC(=O)N3)cc1. The molecule has 1 aliphatic rings. The molecule has 0 fully saturated rings. The molecule has 2 aromatic carbocycles. The van der Waals surface area contributed by atoms with Gasteiger partial charge in [-0.05, 0) is 47.9 Å². The second kappa shape index (κ2) is 8.85. The van der Waals surface area contributed by atoms with Crippen LogP contribution in [0, 0.1) is 0 Å². The molecule has 2 aromatic rings. The van der Waals surface area contributed by atoms with Crippen molar-refractivity contribution in [2.75, 3.05) is 37.9 Å². The molecule has 8 nitrogen and oxygen atoms in total. The molecule has 1 heterocycles. The van der Waals surface area contributed by atoms with E-state index in [-0.39, 0.29) is 23.3 Å². The molecule has 0 unspecified atom stereocenters. The average molecular weight is 431 g/mol. The van der Waals surface area contributed by atoms with Gasteiger partial charge in [-0.3, -0.25) is 9.59 Å². The van der Waals surface area contributed by atoms with E-state index in [1.54, 1.807) is 12.1 Å². The number of sulfonamides is 1. The first kappa shape index (κ1) is 21.8. The van der Waals surface area contributed by atoms with E-state index < -0.39 is 10.0 Å². The zero-order valence-electron chi connectivity index (χ0n) is 17.3. The van der Waals surface area contributed by atoms with E-state index in [9.17, 15) is 18.0 Å². The lowest BCUT2D eigenvalue weighted by atomic mass is 10.0. The van der Waals surface area contributed by atoms with Crippen LogP contribution >= 0.6 is 0 Å². The van der Waals surface area contributed by atoms with Crippen LogP contribution in [0.2, 0.25) is 0 Å². The quantitative estimate of drug-likeness (QED) is 0.695. The Balaban J connectivity index is 1.60. The molecular weight excluding hydrogens is 404 g/mol. The normalized spacial score (nSPS) is 13.5. The number of benzene rings is 2. The predicted octanol–water partition coefficient (Wildman–Crippen LogP) is 1.57. The summed E-state index contributed by atoms with van der Waals surface area (Å²) >= 11 is 0. The highest BCUT2D eigenvalue weighted by Crippen LogP contribution is 2.26. The first-order chi connectivity index (χ1) is 14.2. The lowest BCUT2D eigenvalue weighted by molar-refractivity contribution is -0.121. The standard InChI is InChI=1S/C21H26N4O4S/c1-24(2)17-7-4-15(5-8-17)13-22-21(27)14-25(3)30(28,29)18-9-10-19-16(12-18)6-11-20(26)23-19/h4-5,7-10,12H,6,11,13-14H2,1-3H3,(H,22,27)(H,23,26). The lowest BCUT2D eigenvalue weighted by Crippen LogP contribution is -2.38. The Morgan fingerprint density at radius 3 is 2.43 bits per heavy atom. The number of amides is 2. The number of anilines is 2. The van der Waals surface area contributed by atoms with E-state index >= 15 is 0 Å². The Hall–Kier alpha value is -2.91. The molecule has 0 spiro atoms. The monoisotopic (exact) mass is 430 g/mol. The Bertz CT molecular complexity index is 1050. The van der Waals surface area contributed by atoms with Crippen molar-refractivity contribution in [2.24, 2.45) is 0 Å². The minimum atomic E-state index is -3.82. The molecule has 30 heavy (non-hydrogen) atoms. The third kappa shape index (κ3) is 4.98. The lowest BCUT2D eigenvalue weighted by Gasteiger charge is -2.20. The Labute approximate surface area is 176 Å². The largest absolute Gasteiger partial charge is 0.378 e. The van der Waals surface area contributed by atoms with Gasteiger partial charge in [-0.25, -0.2) is 8.42 Å². The van der Waals surface area contributed by atoms with Gasteiger partial charge in [-0.15, -0.1) is 0 Å². The van der Waals surface area contributed by atoms with Crippen LogP contribution in [0.5, 0.6) is 0 Å². The third-order valence-corrected chi connectivity index (χ3v) is 6.79. The first-order valence-corrected chi connectivity index (χ1v) is 11.0. The number of likely N-dealkylation sites (N-methyl/N-ethyl adjacent to an activating group) is 1. The van der Waals surface area contributed by atoms with Crippen molar-refractivity contribution >= 4 is 33.2 Å². The number of nitrogens with zero attached hydrogens (tertiary/aromatic N) is 2. The molecule has 0 aliphatic carbocycles. The molecule has 0 atom stereocenters. The van der Waals surface area contributed by atoms with Crippen LogP contribution in [-0.4, -0.2) is 52.2 Å². The summed E-state index contributed by atoms with van der Waals surface area (Å²) < 4.78 is 26.7. The molecule has 1 aliphatic heterocycles. The highest BCUT2D eigenvalue weighted by Gasteiger charge is 2.25. The minimum absolute atomic E-state index is 0.0803. The third-order valence-electron chi connectivity index (χ3n) is 4.99. The van der Waals surface area contributed by atoms with Crippen LogP contribution in [0.15, 0.2) is 47.4 Å². The maximum absolute atomic E-state index is 12.8. The smallest absolute Gasteiger partial charge is 0.243 e. The van der Waals surface area contributed by atoms with Gasteiger partial charge in [0.1, 0.15) is 0 Å². The summed E-state index contributed by atoms with van der Waals surface area (Å²) in [5, 5.41) is 5.48. The van der Waals surface area contributed by atoms with Gasteiger partial charge >= 0.3 is 0 Å². The highest BCUT2D eigenvalue weighted by molar-refractivity contribution is 7.89. The summed E-state index contributed by atoms with van der Waals surface area (Å²) in [6, 6.07) is 12.3. The van der Waals surface area contributed by atoms with Crippen LogP contribution in [0.25, 0.3) is 0 Å². The number of fused-ring (bicyclic) bond motifs is 1. The summed E-state index contributed by atoms with van der Waals surface area (Å²) in [6.45, 7) is 0.0326. The molecule has 0 aromatic heterocycles. The van der Waals surface area contributed by atoms with Crippen molar-refractivity contribution in [3.63, 3.8) is 0 Å². The maximum atomic E-state index is 12.8. The molecule has 0 saturated carbocycles. The van der Waals surface area contributed by atoms with Crippen molar-refractivity contribution in [1.82, 2.24) is 9.62 Å². The fourth-order valence-electron chi connectivity index (χ4n) is 3.16. The molecule has 0 saturated heterocycles. The highest BCUT2D eigenvalue weighted by atomic mass is 32.2.